The summed E-state index contributed by atoms with van der Waals surface area (Å²) >= 11 is 0. The van der Waals surface area contributed by atoms with Gasteiger partial charge in [-0.25, -0.2) is 4.79 Å². The van der Waals surface area contributed by atoms with Crippen molar-refractivity contribution in [2.45, 2.75) is 38.3 Å². The molecule has 1 amide bonds. The first-order valence-electron chi connectivity index (χ1n) is 6.71. The molecule has 1 heterocycles. The quantitative estimate of drug-likeness (QED) is 0.859. The minimum atomic E-state index is -0.460. The third-order valence-corrected chi connectivity index (χ3v) is 3.14. The Balaban J connectivity index is 1.98. The summed E-state index contributed by atoms with van der Waals surface area (Å²) in [7, 11) is 0. The summed E-state index contributed by atoms with van der Waals surface area (Å²) in [6, 6.07) is 10.3. The molecule has 19 heavy (non-hydrogen) atoms. The Labute approximate surface area is 114 Å². The van der Waals surface area contributed by atoms with Crippen LogP contribution in [-0.4, -0.2) is 30.8 Å². The second kappa shape index (κ2) is 5.61. The average Bonchev–Trinajstić information content (AvgIpc) is 2.75. The molecule has 4 heteroatoms. The van der Waals surface area contributed by atoms with Gasteiger partial charge in [-0.3, -0.25) is 0 Å². The summed E-state index contributed by atoms with van der Waals surface area (Å²) in [5, 5.41) is 6.28. The van der Waals surface area contributed by atoms with E-state index in [4.69, 9.17) is 4.74 Å². The van der Waals surface area contributed by atoms with Gasteiger partial charge in [0.1, 0.15) is 5.60 Å². The van der Waals surface area contributed by atoms with Crippen LogP contribution in [0.1, 0.15) is 32.3 Å². The van der Waals surface area contributed by atoms with E-state index >= 15 is 0 Å². The van der Waals surface area contributed by atoms with Crippen molar-refractivity contribution in [3.8, 4) is 0 Å². The van der Waals surface area contributed by atoms with Gasteiger partial charge in [0.2, 0.25) is 0 Å². The van der Waals surface area contributed by atoms with Gasteiger partial charge in [-0.15, -0.1) is 0 Å². The molecule has 0 radical (unpaired) electrons. The lowest BCUT2D eigenvalue weighted by Gasteiger charge is -2.24. The van der Waals surface area contributed by atoms with E-state index in [1.54, 1.807) is 0 Å². The molecule has 0 aliphatic carbocycles. The summed E-state index contributed by atoms with van der Waals surface area (Å²) < 4.78 is 5.31. The summed E-state index contributed by atoms with van der Waals surface area (Å²) in [5.41, 5.74) is 0.784. The predicted molar refractivity (Wildman–Crippen MR) is 75.2 cm³/mol. The fourth-order valence-electron chi connectivity index (χ4n) is 2.34. The molecule has 104 valence electrons. The van der Waals surface area contributed by atoms with E-state index in [0.29, 0.717) is 5.92 Å². The van der Waals surface area contributed by atoms with Crippen LogP contribution < -0.4 is 10.6 Å². The van der Waals surface area contributed by atoms with Gasteiger partial charge in [0, 0.05) is 19.0 Å². The van der Waals surface area contributed by atoms with Crippen molar-refractivity contribution in [3.05, 3.63) is 35.9 Å². The molecule has 4 nitrogen and oxygen atoms in total. The van der Waals surface area contributed by atoms with Gasteiger partial charge in [-0.1, -0.05) is 30.3 Å². The van der Waals surface area contributed by atoms with E-state index in [9.17, 15) is 4.79 Å². The van der Waals surface area contributed by atoms with Crippen LogP contribution in [0.5, 0.6) is 0 Å². The van der Waals surface area contributed by atoms with E-state index in [-0.39, 0.29) is 12.1 Å². The van der Waals surface area contributed by atoms with Crippen LogP contribution in [0.3, 0.4) is 0 Å². The summed E-state index contributed by atoms with van der Waals surface area (Å²) in [6.45, 7) is 7.26. The molecular weight excluding hydrogens is 240 g/mol. The Morgan fingerprint density at radius 1 is 1.26 bits per heavy atom. The van der Waals surface area contributed by atoms with Crippen molar-refractivity contribution >= 4 is 6.09 Å². The number of nitrogens with one attached hydrogen (secondary N) is 2. The molecule has 1 aromatic carbocycles. The number of hydrogen-bond acceptors (Lipinski definition) is 3. The van der Waals surface area contributed by atoms with Crippen molar-refractivity contribution in [2.24, 2.45) is 0 Å². The van der Waals surface area contributed by atoms with Crippen LogP contribution in [0.4, 0.5) is 4.79 Å². The second-order valence-corrected chi connectivity index (χ2v) is 5.93. The molecule has 0 spiro atoms. The van der Waals surface area contributed by atoms with Crippen LogP contribution in [0, 0.1) is 0 Å². The van der Waals surface area contributed by atoms with E-state index in [1.807, 2.05) is 39.0 Å². The first-order chi connectivity index (χ1) is 8.96. The number of carbonyl (C=O) groups excluding carboxylic acids is 1. The zero-order chi connectivity index (χ0) is 13.9. The molecule has 1 saturated heterocycles. The number of hydrogen-bond donors (Lipinski definition) is 2. The zero-order valence-electron chi connectivity index (χ0n) is 11.8. The van der Waals surface area contributed by atoms with Crippen LogP contribution in [-0.2, 0) is 4.74 Å². The van der Waals surface area contributed by atoms with Crippen LogP contribution >= 0.6 is 0 Å². The molecule has 0 aromatic heterocycles. The molecule has 2 rings (SSSR count). The van der Waals surface area contributed by atoms with Gasteiger partial charge in [0.15, 0.2) is 0 Å². The Morgan fingerprint density at radius 3 is 2.58 bits per heavy atom. The molecule has 1 aromatic rings. The third kappa shape index (κ3) is 3.96. The summed E-state index contributed by atoms with van der Waals surface area (Å²) in [4.78, 5) is 11.8. The van der Waals surface area contributed by atoms with Crippen molar-refractivity contribution in [3.63, 3.8) is 0 Å². The second-order valence-electron chi connectivity index (χ2n) is 5.93. The molecule has 1 aliphatic heterocycles. The minimum Gasteiger partial charge on any atom is -0.444 e. The van der Waals surface area contributed by atoms with E-state index in [2.05, 4.69) is 22.8 Å². The summed E-state index contributed by atoms with van der Waals surface area (Å²) in [6.07, 6.45) is -0.345. The lowest BCUT2D eigenvalue weighted by molar-refractivity contribution is 0.0504. The zero-order valence-corrected chi connectivity index (χ0v) is 11.8. The number of alkyl carbamates (subject to hydrolysis) is 1. The highest BCUT2D eigenvalue weighted by molar-refractivity contribution is 5.68. The fourth-order valence-corrected chi connectivity index (χ4v) is 2.34. The first-order valence-corrected chi connectivity index (χ1v) is 6.71. The van der Waals surface area contributed by atoms with E-state index < -0.39 is 5.60 Å². The van der Waals surface area contributed by atoms with Gasteiger partial charge < -0.3 is 15.4 Å². The third-order valence-electron chi connectivity index (χ3n) is 3.14. The van der Waals surface area contributed by atoms with Gasteiger partial charge in [-0.2, -0.15) is 0 Å². The normalized spacial score (nSPS) is 23.1. The molecule has 1 unspecified atom stereocenters. The molecule has 0 bridgehead atoms. The SMILES string of the molecule is CC(C)(C)OC(=O)N[C@@H]1CNCC1c1ccccc1. The Morgan fingerprint density at radius 2 is 1.95 bits per heavy atom. The maximum atomic E-state index is 11.8. The molecule has 1 fully saturated rings. The van der Waals surface area contributed by atoms with Crippen molar-refractivity contribution in [1.29, 1.82) is 0 Å². The van der Waals surface area contributed by atoms with Crippen molar-refractivity contribution in [1.82, 2.24) is 10.6 Å². The topological polar surface area (TPSA) is 50.4 Å². The lowest BCUT2D eigenvalue weighted by Crippen LogP contribution is -2.42. The lowest BCUT2D eigenvalue weighted by atomic mass is 9.94. The maximum absolute atomic E-state index is 11.8. The molecular formula is C15H22N2O2. The van der Waals surface area contributed by atoms with E-state index in [0.717, 1.165) is 13.1 Å². The number of amides is 1. The van der Waals surface area contributed by atoms with Crippen LogP contribution in [0.2, 0.25) is 0 Å². The number of carbonyl (C=O) groups is 1. The number of benzene rings is 1. The molecule has 2 atom stereocenters. The van der Waals surface area contributed by atoms with Gasteiger partial charge in [0.05, 0.1) is 6.04 Å². The van der Waals surface area contributed by atoms with Crippen molar-refractivity contribution < 1.29 is 9.53 Å². The van der Waals surface area contributed by atoms with Gasteiger partial charge >= 0.3 is 6.09 Å². The van der Waals surface area contributed by atoms with E-state index in [1.165, 1.54) is 5.56 Å². The first kappa shape index (κ1) is 13.9. The highest BCUT2D eigenvalue weighted by atomic mass is 16.6. The molecule has 1 aliphatic rings. The number of rotatable bonds is 2. The number of ether oxygens (including phenoxy) is 1. The Kier molecular flexibility index (Phi) is 4.10. The van der Waals surface area contributed by atoms with Crippen LogP contribution in [0.15, 0.2) is 30.3 Å². The summed E-state index contributed by atoms with van der Waals surface area (Å²) in [5.74, 6) is 0.300. The molecule has 0 saturated carbocycles. The standard InChI is InChI=1S/C15H22N2O2/c1-15(2,3)19-14(18)17-13-10-16-9-12(13)11-7-5-4-6-8-11/h4-8,12-13,16H,9-10H2,1-3H3,(H,17,18)/t12?,13-/m1/s1. The van der Waals surface area contributed by atoms with Gasteiger partial charge in [0.25, 0.3) is 0 Å². The maximum Gasteiger partial charge on any atom is 0.407 e. The smallest absolute Gasteiger partial charge is 0.407 e. The predicted octanol–water partition coefficient (Wildman–Crippen LogP) is 2.27. The largest absolute Gasteiger partial charge is 0.444 e. The van der Waals surface area contributed by atoms with Crippen molar-refractivity contribution in [2.75, 3.05) is 13.1 Å². The van der Waals surface area contributed by atoms with Gasteiger partial charge in [-0.05, 0) is 26.3 Å². The highest BCUT2D eigenvalue weighted by Crippen LogP contribution is 2.22. The average molecular weight is 262 g/mol. The fraction of sp³-hybridized carbons (Fsp3) is 0.533. The Hall–Kier alpha value is -1.55. The minimum absolute atomic E-state index is 0.0808. The highest BCUT2D eigenvalue weighted by Gasteiger charge is 2.30. The Bertz CT molecular complexity index is 426. The van der Waals surface area contributed by atoms with Crippen LogP contribution in [0.25, 0.3) is 0 Å². The monoisotopic (exact) mass is 262 g/mol. The molecule has 2 N–H and O–H groups in total.